The maximum Gasteiger partial charge on any atom is 0.227 e. The number of phenols is 1. The normalized spacial score (nSPS) is 22.1. The number of carbonyl (C=O) groups is 1. The quantitative estimate of drug-likeness (QED) is 0.794. The molecule has 3 N–H and O–H groups in total. The average Bonchev–Trinajstić information content (AvgIpc) is 2.48. The Morgan fingerprint density at radius 1 is 1.24 bits per heavy atom. The highest BCUT2D eigenvalue weighted by Crippen LogP contribution is 2.30. The molecule has 21 heavy (non-hydrogen) atoms. The van der Waals surface area contributed by atoms with Gasteiger partial charge in [0.2, 0.25) is 5.91 Å². The molecule has 1 saturated heterocycles. The number of piperidine rings is 1. The maximum atomic E-state index is 12.4. The SMILES string of the molecule is CC1CC(C(=O)Nc2cccc3c(O)cccc23)CCN1. The molecule has 0 bridgehead atoms. The third-order valence-electron chi connectivity index (χ3n) is 4.15. The number of hydrogen-bond acceptors (Lipinski definition) is 3. The number of amides is 1. The summed E-state index contributed by atoms with van der Waals surface area (Å²) in [7, 11) is 0. The van der Waals surface area contributed by atoms with Crippen molar-refractivity contribution in [3.63, 3.8) is 0 Å². The fourth-order valence-electron chi connectivity index (χ4n) is 3.01. The van der Waals surface area contributed by atoms with E-state index in [4.69, 9.17) is 0 Å². The zero-order chi connectivity index (χ0) is 14.8. The first-order valence-electron chi connectivity index (χ1n) is 7.40. The minimum absolute atomic E-state index is 0.0498. The molecule has 110 valence electrons. The van der Waals surface area contributed by atoms with E-state index in [2.05, 4.69) is 17.6 Å². The molecule has 0 spiro atoms. The second-order valence-electron chi connectivity index (χ2n) is 5.74. The Labute approximate surface area is 124 Å². The van der Waals surface area contributed by atoms with E-state index in [1.165, 1.54) is 0 Å². The van der Waals surface area contributed by atoms with E-state index in [9.17, 15) is 9.90 Å². The van der Waals surface area contributed by atoms with Gasteiger partial charge in [0.05, 0.1) is 0 Å². The lowest BCUT2D eigenvalue weighted by Crippen LogP contribution is -2.40. The van der Waals surface area contributed by atoms with Crippen LogP contribution >= 0.6 is 0 Å². The molecule has 1 amide bonds. The number of fused-ring (bicyclic) bond motifs is 1. The molecule has 3 rings (SSSR count). The van der Waals surface area contributed by atoms with Crippen LogP contribution in [0.1, 0.15) is 19.8 Å². The Hall–Kier alpha value is -2.07. The van der Waals surface area contributed by atoms with Crippen molar-refractivity contribution in [2.24, 2.45) is 5.92 Å². The smallest absolute Gasteiger partial charge is 0.227 e. The Morgan fingerprint density at radius 2 is 2.00 bits per heavy atom. The molecule has 2 aromatic rings. The third-order valence-corrected chi connectivity index (χ3v) is 4.15. The van der Waals surface area contributed by atoms with Crippen molar-refractivity contribution in [3.8, 4) is 5.75 Å². The largest absolute Gasteiger partial charge is 0.507 e. The first-order valence-corrected chi connectivity index (χ1v) is 7.40. The van der Waals surface area contributed by atoms with Gasteiger partial charge in [0, 0.05) is 28.4 Å². The standard InChI is InChI=1S/C17H20N2O2/c1-11-10-12(8-9-18-11)17(21)19-15-6-2-5-14-13(15)4-3-7-16(14)20/h2-7,11-12,18,20H,8-10H2,1H3,(H,19,21). The van der Waals surface area contributed by atoms with Crippen LogP contribution in [0.4, 0.5) is 5.69 Å². The molecule has 2 unspecified atom stereocenters. The first-order chi connectivity index (χ1) is 10.1. The van der Waals surface area contributed by atoms with Gasteiger partial charge in [0.1, 0.15) is 5.75 Å². The molecule has 2 aromatic carbocycles. The van der Waals surface area contributed by atoms with Gasteiger partial charge in [-0.3, -0.25) is 4.79 Å². The second-order valence-corrected chi connectivity index (χ2v) is 5.74. The summed E-state index contributed by atoms with van der Waals surface area (Å²) in [4.78, 5) is 12.4. The summed E-state index contributed by atoms with van der Waals surface area (Å²) in [6.07, 6.45) is 1.73. The highest BCUT2D eigenvalue weighted by atomic mass is 16.3. The van der Waals surface area contributed by atoms with Crippen LogP contribution in [-0.2, 0) is 4.79 Å². The third kappa shape index (κ3) is 2.85. The minimum atomic E-state index is 0.0498. The molecule has 1 aliphatic rings. The summed E-state index contributed by atoms with van der Waals surface area (Å²) in [5.74, 6) is 0.354. The van der Waals surface area contributed by atoms with E-state index >= 15 is 0 Å². The lowest BCUT2D eigenvalue weighted by Gasteiger charge is -2.27. The summed E-state index contributed by atoms with van der Waals surface area (Å²) in [6, 6.07) is 11.3. The van der Waals surface area contributed by atoms with Crippen LogP contribution in [0.3, 0.4) is 0 Å². The van der Waals surface area contributed by atoms with Gasteiger partial charge in [0.15, 0.2) is 0 Å². The van der Waals surface area contributed by atoms with E-state index in [-0.39, 0.29) is 17.6 Å². The molecule has 1 aliphatic heterocycles. The predicted molar refractivity (Wildman–Crippen MR) is 84.4 cm³/mol. The van der Waals surface area contributed by atoms with E-state index in [1.54, 1.807) is 12.1 Å². The molecule has 1 fully saturated rings. The number of benzene rings is 2. The molecule has 4 nitrogen and oxygen atoms in total. The summed E-state index contributed by atoms with van der Waals surface area (Å²) < 4.78 is 0. The molecular weight excluding hydrogens is 264 g/mol. The number of carbonyl (C=O) groups excluding carboxylic acids is 1. The van der Waals surface area contributed by atoms with Crippen molar-refractivity contribution in [2.45, 2.75) is 25.8 Å². The van der Waals surface area contributed by atoms with Crippen molar-refractivity contribution in [2.75, 3.05) is 11.9 Å². The van der Waals surface area contributed by atoms with Gasteiger partial charge in [-0.05, 0) is 38.4 Å². The van der Waals surface area contributed by atoms with Gasteiger partial charge in [-0.1, -0.05) is 24.3 Å². The first kappa shape index (κ1) is 13.9. The predicted octanol–water partition coefficient (Wildman–Crippen LogP) is 2.87. The summed E-state index contributed by atoms with van der Waals surface area (Å²) in [6.45, 7) is 2.99. The zero-order valence-corrected chi connectivity index (χ0v) is 12.1. The van der Waals surface area contributed by atoms with Gasteiger partial charge < -0.3 is 15.7 Å². The Kier molecular flexibility index (Phi) is 3.80. The van der Waals surface area contributed by atoms with Crippen LogP contribution in [0.2, 0.25) is 0 Å². The number of anilines is 1. The molecule has 0 aliphatic carbocycles. The maximum absolute atomic E-state index is 12.4. The number of rotatable bonds is 2. The van der Waals surface area contributed by atoms with Crippen molar-refractivity contribution in [3.05, 3.63) is 36.4 Å². The summed E-state index contributed by atoms with van der Waals surface area (Å²) >= 11 is 0. The van der Waals surface area contributed by atoms with Crippen molar-refractivity contribution in [1.29, 1.82) is 0 Å². The van der Waals surface area contributed by atoms with Gasteiger partial charge in [-0.2, -0.15) is 0 Å². The highest BCUT2D eigenvalue weighted by molar-refractivity contribution is 6.04. The van der Waals surface area contributed by atoms with Gasteiger partial charge in [0.25, 0.3) is 0 Å². The van der Waals surface area contributed by atoms with Gasteiger partial charge in [-0.25, -0.2) is 0 Å². The van der Waals surface area contributed by atoms with Crippen LogP contribution in [-0.4, -0.2) is 23.6 Å². The molecule has 0 radical (unpaired) electrons. The summed E-state index contributed by atoms with van der Waals surface area (Å²) in [5, 5.41) is 17.9. The second kappa shape index (κ2) is 5.74. The van der Waals surface area contributed by atoms with E-state index in [1.807, 2.05) is 24.3 Å². The van der Waals surface area contributed by atoms with Crippen molar-refractivity contribution >= 4 is 22.4 Å². The van der Waals surface area contributed by atoms with E-state index in [0.29, 0.717) is 6.04 Å². The lowest BCUT2D eigenvalue weighted by molar-refractivity contribution is -0.120. The molecule has 2 atom stereocenters. The van der Waals surface area contributed by atoms with Gasteiger partial charge >= 0.3 is 0 Å². The molecule has 4 heteroatoms. The number of aromatic hydroxyl groups is 1. The number of hydrogen-bond donors (Lipinski definition) is 3. The number of nitrogens with one attached hydrogen (secondary N) is 2. The van der Waals surface area contributed by atoms with E-state index in [0.717, 1.165) is 35.8 Å². The molecule has 0 saturated carbocycles. The monoisotopic (exact) mass is 284 g/mol. The van der Waals surface area contributed by atoms with Crippen LogP contribution < -0.4 is 10.6 Å². The van der Waals surface area contributed by atoms with E-state index < -0.39 is 0 Å². The van der Waals surface area contributed by atoms with Crippen LogP contribution in [0, 0.1) is 5.92 Å². The van der Waals surface area contributed by atoms with Crippen LogP contribution in [0.15, 0.2) is 36.4 Å². The van der Waals surface area contributed by atoms with Crippen molar-refractivity contribution in [1.82, 2.24) is 5.32 Å². The fourth-order valence-corrected chi connectivity index (χ4v) is 3.01. The molecular formula is C17H20N2O2. The fraction of sp³-hybridized carbons (Fsp3) is 0.353. The molecule has 1 heterocycles. The Morgan fingerprint density at radius 3 is 2.81 bits per heavy atom. The average molecular weight is 284 g/mol. The van der Waals surface area contributed by atoms with Crippen molar-refractivity contribution < 1.29 is 9.90 Å². The van der Waals surface area contributed by atoms with Crippen LogP contribution in [0.25, 0.3) is 10.8 Å². The lowest BCUT2D eigenvalue weighted by atomic mass is 9.92. The summed E-state index contributed by atoms with van der Waals surface area (Å²) in [5.41, 5.74) is 0.764. The highest BCUT2D eigenvalue weighted by Gasteiger charge is 2.25. The van der Waals surface area contributed by atoms with Gasteiger partial charge in [-0.15, -0.1) is 0 Å². The Balaban J connectivity index is 1.85. The topological polar surface area (TPSA) is 61.4 Å². The minimum Gasteiger partial charge on any atom is -0.507 e. The Bertz CT molecular complexity index is 669. The zero-order valence-electron chi connectivity index (χ0n) is 12.1. The van der Waals surface area contributed by atoms with Crippen LogP contribution in [0.5, 0.6) is 5.75 Å². The molecule has 0 aromatic heterocycles. The number of phenolic OH excluding ortho intramolecular Hbond substituents is 1.